The monoisotopic (exact) mass is 195 g/mol. The average Bonchev–Trinajstić information content (AvgIpc) is 2.19. The molecule has 0 saturated carbocycles. The van der Waals surface area contributed by atoms with Crippen LogP contribution in [0.3, 0.4) is 0 Å². The minimum Gasteiger partial charge on any atom is -0.387 e. The van der Waals surface area contributed by atoms with E-state index in [1.807, 2.05) is 19.1 Å². The van der Waals surface area contributed by atoms with Gasteiger partial charge in [0.05, 0.1) is 11.8 Å². The predicted octanol–water partition coefficient (Wildman–Crippen LogP) is 1.85. The highest BCUT2D eigenvalue weighted by atomic mass is 16.5. The lowest BCUT2D eigenvalue weighted by Gasteiger charge is -2.09. The Bertz CT molecular complexity index is 258. The van der Waals surface area contributed by atoms with Gasteiger partial charge >= 0.3 is 0 Å². The molecule has 1 heterocycles. The minimum absolute atomic E-state index is 0.467. The van der Waals surface area contributed by atoms with Crippen LogP contribution in [0.25, 0.3) is 0 Å². The van der Waals surface area contributed by atoms with Crippen molar-refractivity contribution in [2.45, 2.75) is 25.9 Å². The average molecular weight is 195 g/mol. The van der Waals surface area contributed by atoms with Gasteiger partial charge in [0.1, 0.15) is 0 Å². The second-order valence-corrected chi connectivity index (χ2v) is 3.41. The second-order valence-electron chi connectivity index (χ2n) is 3.41. The highest BCUT2D eigenvalue weighted by Crippen LogP contribution is 2.15. The zero-order valence-corrected chi connectivity index (χ0v) is 8.73. The Balaban J connectivity index is 2.43. The maximum Gasteiger partial charge on any atom is 0.0960 e. The molecule has 0 radical (unpaired) electrons. The summed E-state index contributed by atoms with van der Waals surface area (Å²) in [5, 5.41) is 9.72. The van der Waals surface area contributed by atoms with Crippen LogP contribution < -0.4 is 0 Å². The zero-order chi connectivity index (χ0) is 10.4. The molecule has 0 spiro atoms. The molecule has 78 valence electrons. The maximum absolute atomic E-state index is 9.72. The molecule has 0 saturated heterocycles. The molecule has 0 aliphatic rings. The normalized spacial score (nSPS) is 12.8. The molecular weight excluding hydrogens is 178 g/mol. The number of rotatable bonds is 5. The van der Waals surface area contributed by atoms with E-state index < -0.39 is 6.10 Å². The lowest BCUT2D eigenvalue weighted by molar-refractivity contribution is 0.133. The molecule has 0 fully saturated rings. The minimum atomic E-state index is -0.467. The summed E-state index contributed by atoms with van der Waals surface area (Å²) in [7, 11) is 1.66. The van der Waals surface area contributed by atoms with Crippen LogP contribution in [0.5, 0.6) is 0 Å². The Hall–Kier alpha value is -0.930. The maximum atomic E-state index is 9.72. The van der Waals surface area contributed by atoms with Crippen molar-refractivity contribution in [3.63, 3.8) is 0 Å². The van der Waals surface area contributed by atoms with Crippen molar-refractivity contribution < 1.29 is 9.84 Å². The third-order valence-corrected chi connectivity index (χ3v) is 2.10. The lowest BCUT2D eigenvalue weighted by atomic mass is 10.1. The van der Waals surface area contributed by atoms with Gasteiger partial charge in [-0.25, -0.2) is 0 Å². The summed E-state index contributed by atoms with van der Waals surface area (Å²) in [5.74, 6) is 0. The number of hydrogen-bond acceptors (Lipinski definition) is 3. The van der Waals surface area contributed by atoms with Crippen LogP contribution in [0.4, 0.5) is 0 Å². The van der Waals surface area contributed by atoms with Crippen LogP contribution in [0, 0.1) is 6.92 Å². The summed E-state index contributed by atoms with van der Waals surface area (Å²) in [4.78, 5) is 4.17. The number of ether oxygens (including phenoxy) is 1. The molecular formula is C11H17NO2. The van der Waals surface area contributed by atoms with Crippen LogP contribution in [0.1, 0.15) is 30.2 Å². The molecule has 3 heteroatoms. The van der Waals surface area contributed by atoms with Gasteiger partial charge in [0, 0.05) is 19.9 Å². The van der Waals surface area contributed by atoms with Crippen LogP contribution in [-0.2, 0) is 4.74 Å². The van der Waals surface area contributed by atoms with Crippen molar-refractivity contribution in [2.75, 3.05) is 13.7 Å². The zero-order valence-electron chi connectivity index (χ0n) is 8.73. The van der Waals surface area contributed by atoms with E-state index in [2.05, 4.69) is 4.98 Å². The van der Waals surface area contributed by atoms with E-state index in [0.29, 0.717) is 13.0 Å². The van der Waals surface area contributed by atoms with Crippen molar-refractivity contribution in [3.8, 4) is 0 Å². The Morgan fingerprint density at radius 3 is 2.86 bits per heavy atom. The van der Waals surface area contributed by atoms with E-state index in [4.69, 9.17) is 4.74 Å². The predicted molar refractivity (Wildman–Crippen MR) is 55.0 cm³/mol. The SMILES string of the molecule is COCCCC(O)c1ccc(C)cn1. The highest BCUT2D eigenvalue weighted by Gasteiger charge is 2.07. The summed E-state index contributed by atoms with van der Waals surface area (Å²) in [6.07, 6.45) is 2.86. The number of aryl methyl sites for hydroxylation is 1. The number of hydrogen-bond donors (Lipinski definition) is 1. The molecule has 3 nitrogen and oxygen atoms in total. The number of methoxy groups -OCH3 is 1. The summed E-state index contributed by atoms with van der Waals surface area (Å²) in [5.41, 5.74) is 1.85. The van der Waals surface area contributed by atoms with Gasteiger partial charge in [-0.05, 0) is 31.4 Å². The molecule has 0 aliphatic carbocycles. The van der Waals surface area contributed by atoms with E-state index >= 15 is 0 Å². The summed E-state index contributed by atoms with van der Waals surface area (Å²) >= 11 is 0. The van der Waals surface area contributed by atoms with Crippen molar-refractivity contribution in [1.29, 1.82) is 0 Å². The summed E-state index contributed by atoms with van der Waals surface area (Å²) in [6.45, 7) is 2.66. The first-order chi connectivity index (χ1) is 6.74. The molecule has 1 aromatic heterocycles. The van der Waals surface area contributed by atoms with Gasteiger partial charge in [-0.3, -0.25) is 4.98 Å². The fourth-order valence-electron chi connectivity index (χ4n) is 1.25. The fourth-order valence-corrected chi connectivity index (χ4v) is 1.25. The van der Waals surface area contributed by atoms with Crippen LogP contribution in [-0.4, -0.2) is 23.8 Å². The largest absolute Gasteiger partial charge is 0.387 e. The van der Waals surface area contributed by atoms with Gasteiger partial charge in [-0.1, -0.05) is 6.07 Å². The van der Waals surface area contributed by atoms with E-state index in [1.165, 1.54) is 0 Å². The Morgan fingerprint density at radius 1 is 1.50 bits per heavy atom. The molecule has 0 aromatic carbocycles. The summed E-state index contributed by atoms with van der Waals surface area (Å²) in [6, 6.07) is 3.83. The van der Waals surface area contributed by atoms with E-state index in [1.54, 1.807) is 13.3 Å². The number of aliphatic hydroxyl groups excluding tert-OH is 1. The molecule has 0 amide bonds. The Morgan fingerprint density at radius 2 is 2.29 bits per heavy atom. The number of aromatic nitrogens is 1. The standard InChI is InChI=1S/C11H17NO2/c1-9-5-6-10(12-8-9)11(13)4-3-7-14-2/h5-6,8,11,13H,3-4,7H2,1-2H3. The third-order valence-electron chi connectivity index (χ3n) is 2.10. The molecule has 0 aliphatic heterocycles. The molecule has 0 bridgehead atoms. The molecule has 1 atom stereocenters. The smallest absolute Gasteiger partial charge is 0.0960 e. The second kappa shape index (κ2) is 5.73. The first-order valence-corrected chi connectivity index (χ1v) is 4.83. The van der Waals surface area contributed by atoms with E-state index in [0.717, 1.165) is 17.7 Å². The topological polar surface area (TPSA) is 42.4 Å². The van der Waals surface area contributed by atoms with Gasteiger partial charge in [0.2, 0.25) is 0 Å². The lowest BCUT2D eigenvalue weighted by Crippen LogP contribution is -2.02. The fraction of sp³-hybridized carbons (Fsp3) is 0.545. The van der Waals surface area contributed by atoms with E-state index in [9.17, 15) is 5.11 Å². The van der Waals surface area contributed by atoms with Crippen molar-refractivity contribution >= 4 is 0 Å². The van der Waals surface area contributed by atoms with Gasteiger partial charge in [0.25, 0.3) is 0 Å². The molecule has 1 N–H and O–H groups in total. The number of aliphatic hydroxyl groups is 1. The third kappa shape index (κ3) is 3.44. The molecule has 14 heavy (non-hydrogen) atoms. The first kappa shape index (κ1) is 11.1. The van der Waals surface area contributed by atoms with E-state index in [-0.39, 0.29) is 0 Å². The Kier molecular flexibility index (Phi) is 4.56. The highest BCUT2D eigenvalue weighted by molar-refractivity contribution is 5.13. The van der Waals surface area contributed by atoms with Crippen LogP contribution >= 0.6 is 0 Å². The molecule has 1 aromatic rings. The van der Waals surface area contributed by atoms with Gasteiger partial charge in [0.15, 0.2) is 0 Å². The molecule has 1 rings (SSSR count). The molecule has 1 unspecified atom stereocenters. The van der Waals surface area contributed by atoms with Crippen LogP contribution in [0.2, 0.25) is 0 Å². The van der Waals surface area contributed by atoms with Gasteiger partial charge in [-0.2, -0.15) is 0 Å². The Labute approximate surface area is 84.7 Å². The van der Waals surface area contributed by atoms with Gasteiger partial charge in [-0.15, -0.1) is 0 Å². The number of nitrogens with zero attached hydrogens (tertiary/aromatic N) is 1. The number of pyridine rings is 1. The van der Waals surface area contributed by atoms with Crippen LogP contribution in [0.15, 0.2) is 18.3 Å². The summed E-state index contributed by atoms with van der Waals surface area (Å²) < 4.78 is 4.92. The van der Waals surface area contributed by atoms with Gasteiger partial charge < -0.3 is 9.84 Å². The van der Waals surface area contributed by atoms with Crippen molar-refractivity contribution in [3.05, 3.63) is 29.6 Å². The first-order valence-electron chi connectivity index (χ1n) is 4.83. The van der Waals surface area contributed by atoms with Crippen molar-refractivity contribution in [1.82, 2.24) is 4.98 Å². The van der Waals surface area contributed by atoms with Crippen molar-refractivity contribution in [2.24, 2.45) is 0 Å². The quantitative estimate of drug-likeness (QED) is 0.729.